The normalized spacial score (nSPS) is 11.9. The van der Waals surface area contributed by atoms with Crippen LogP contribution in [0, 0.1) is 0 Å². The molecule has 0 fully saturated rings. The highest BCUT2D eigenvalue weighted by atomic mass is 32.2. The van der Waals surface area contributed by atoms with E-state index < -0.39 is 0 Å². The quantitative estimate of drug-likeness (QED) is 0.586. The number of ether oxygens (including phenoxy) is 2. The molecule has 106 valence electrons. The molecule has 0 bridgehead atoms. The van der Waals surface area contributed by atoms with E-state index in [1.807, 2.05) is 19.2 Å². The first-order valence-corrected chi connectivity index (χ1v) is 7.32. The lowest BCUT2D eigenvalue weighted by molar-refractivity contribution is -0.140. The third-order valence-electron chi connectivity index (χ3n) is 2.83. The Bertz CT molecular complexity index is 381. The van der Waals surface area contributed by atoms with Gasteiger partial charge in [0.1, 0.15) is 5.75 Å². The number of esters is 1. The van der Waals surface area contributed by atoms with Crippen LogP contribution >= 0.6 is 11.8 Å². The largest absolute Gasteiger partial charge is 0.497 e. The van der Waals surface area contributed by atoms with E-state index in [0.29, 0.717) is 6.42 Å². The minimum absolute atomic E-state index is 0.155. The molecule has 0 amide bonds. The summed E-state index contributed by atoms with van der Waals surface area (Å²) < 4.78 is 9.75. The van der Waals surface area contributed by atoms with Crippen molar-refractivity contribution in [2.45, 2.75) is 12.5 Å². The molecular formula is C14H21NO3S. The predicted molar refractivity (Wildman–Crippen MR) is 78.8 cm³/mol. The number of benzene rings is 1. The summed E-state index contributed by atoms with van der Waals surface area (Å²) in [6, 6.07) is 8.30. The highest BCUT2D eigenvalue weighted by Crippen LogP contribution is 2.21. The molecule has 0 radical (unpaired) electrons. The molecule has 0 aliphatic carbocycles. The average molecular weight is 283 g/mol. The molecule has 0 saturated carbocycles. The monoisotopic (exact) mass is 283 g/mol. The van der Waals surface area contributed by atoms with Crippen LogP contribution < -0.4 is 10.1 Å². The molecule has 1 N–H and O–H groups in total. The van der Waals surface area contributed by atoms with Gasteiger partial charge in [-0.25, -0.2) is 0 Å². The maximum absolute atomic E-state index is 11.0. The summed E-state index contributed by atoms with van der Waals surface area (Å²) in [6.07, 6.45) is 0.459. The smallest absolute Gasteiger partial charge is 0.306 e. The molecule has 0 saturated heterocycles. The van der Waals surface area contributed by atoms with Crippen LogP contribution in [0.15, 0.2) is 24.3 Å². The second-order valence-corrected chi connectivity index (χ2v) is 5.17. The zero-order valence-electron chi connectivity index (χ0n) is 11.6. The van der Waals surface area contributed by atoms with Gasteiger partial charge in [-0.15, -0.1) is 0 Å². The van der Waals surface area contributed by atoms with Crippen molar-refractivity contribution < 1.29 is 14.3 Å². The summed E-state index contributed by atoms with van der Waals surface area (Å²) in [5.41, 5.74) is 1.22. The van der Waals surface area contributed by atoms with Gasteiger partial charge in [0.25, 0.3) is 0 Å². The van der Waals surface area contributed by atoms with E-state index in [1.54, 1.807) is 18.9 Å². The summed E-state index contributed by atoms with van der Waals surface area (Å²) in [4.78, 5) is 11.0. The third-order valence-corrected chi connectivity index (χ3v) is 3.89. The third kappa shape index (κ3) is 5.53. The minimum atomic E-state index is -0.155. The maximum Gasteiger partial charge on any atom is 0.306 e. The Morgan fingerprint density at radius 1 is 1.32 bits per heavy atom. The lowest BCUT2D eigenvalue weighted by atomic mass is 10.1. The molecule has 1 unspecified atom stereocenters. The van der Waals surface area contributed by atoms with Crippen molar-refractivity contribution in [1.82, 2.24) is 5.32 Å². The molecule has 1 atom stereocenters. The molecule has 1 aromatic carbocycles. The van der Waals surface area contributed by atoms with Gasteiger partial charge >= 0.3 is 5.97 Å². The molecule has 1 rings (SSSR count). The molecule has 0 aliphatic rings. The molecule has 5 heteroatoms. The Morgan fingerprint density at radius 2 is 2.00 bits per heavy atom. The van der Waals surface area contributed by atoms with Crippen LogP contribution in [-0.2, 0) is 9.53 Å². The summed E-state index contributed by atoms with van der Waals surface area (Å²) in [6.45, 7) is 0. The van der Waals surface area contributed by atoms with E-state index in [2.05, 4.69) is 22.2 Å². The first-order valence-electron chi connectivity index (χ1n) is 6.17. The molecular weight excluding hydrogens is 262 g/mol. The zero-order valence-corrected chi connectivity index (χ0v) is 12.5. The van der Waals surface area contributed by atoms with Crippen molar-refractivity contribution in [2.24, 2.45) is 0 Å². The lowest BCUT2D eigenvalue weighted by Crippen LogP contribution is -2.19. The molecule has 0 spiro atoms. The Hall–Kier alpha value is -1.20. The van der Waals surface area contributed by atoms with Crippen LogP contribution in [0.1, 0.15) is 18.0 Å². The number of carbonyl (C=O) groups is 1. The molecule has 0 aromatic heterocycles. The Balaban J connectivity index is 2.41. The molecule has 19 heavy (non-hydrogen) atoms. The fraction of sp³-hybridized carbons (Fsp3) is 0.500. The minimum Gasteiger partial charge on any atom is -0.497 e. The van der Waals surface area contributed by atoms with E-state index in [1.165, 1.54) is 12.7 Å². The van der Waals surface area contributed by atoms with E-state index in [9.17, 15) is 4.79 Å². The van der Waals surface area contributed by atoms with Crippen LogP contribution in [0.3, 0.4) is 0 Å². The van der Waals surface area contributed by atoms with E-state index in [4.69, 9.17) is 4.74 Å². The average Bonchev–Trinajstić information content (AvgIpc) is 2.47. The number of carbonyl (C=O) groups excluding carboxylic acids is 1. The highest BCUT2D eigenvalue weighted by molar-refractivity contribution is 7.99. The number of hydrogen-bond donors (Lipinski definition) is 1. The number of rotatable bonds is 8. The van der Waals surface area contributed by atoms with Gasteiger partial charge in [-0.05, 0) is 24.7 Å². The van der Waals surface area contributed by atoms with Gasteiger partial charge in [0.2, 0.25) is 0 Å². The summed E-state index contributed by atoms with van der Waals surface area (Å²) >= 11 is 1.74. The van der Waals surface area contributed by atoms with Gasteiger partial charge in [0, 0.05) is 17.5 Å². The van der Waals surface area contributed by atoms with Gasteiger partial charge in [-0.3, -0.25) is 4.79 Å². The van der Waals surface area contributed by atoms with Crippen LogP contribution in [0.5, 0.6) is 5.75 Å². The summed E-state index contributed by atoms with van der Waals surface area (Å²) in [7, 11) is 5.02. The maximum atomic E-state index is 11.0. The van der Waals surface area contributed by atoms with Crippen LogP contribution in [-0.4, -0.2) is 38.7 Å². The number of hydrogen-bond acceptors (Lipinski definition) is 5. The van der Waals surface area contributed by atoms with Crippen LogP contribution in [0.4, 0.5) is 0 Å². The van der Waals surface area contributed by atoms with Crippen molar-refractivity contribution in [2.75, 3.05) is 32.8 Å². The molecule has 4 nitrogen and oxygen atoms in total. The Morgan fingerprint density at radius 3 is 2.53 bits per heavy atom. The number of nitrogens with one attached hydrogen (secondary N) is 1. The van der Waals surface area contributed by atoms with E-state index >= 15 is 0 Å². The van der Waals surface area contributed by atoms with Crippen molar-refractivity contribution >= 4 is 17.7 Å². The fourth-order valence-corrected chi connectivity index (χ4v) is 2.71. The van der Waals surface area contributed by atoms with Crippen molar-refractivity contribution in [3.63, 3.8) is 0 Å². The van der Waals surface area contributed by atoms with E-state index in [0.717, 1.165) is 17.3 Å². The van der Waals surface area contributed by atoms with Crippen LogP contribution in [0.25, 0.3) is 0 Å². The zero-order chi connectivity index (χ0) is 14.1. The number of thioether (sulfide) groups is 1. The van der Waals surface area contributed by atoms with Gasteiger partial charge in [-0.1, -0.05) is 12.1 Å². The molecule has 0 heterocycles. The first kappa shape index (κ1) is 15.9. The Labute approximate surface area is 118 Å². The fourth-order valence-electron chi connectivity index (χ4n) is 1.64. The van der Waals surface area contributed by atoms with E-state index in [-0.39, 0.29) is 12.0 Å². The van der Waals surface area contributed by atoms with Gasteiger partial charge in [0.05, 0.1) is 20.6 Å². The molecule has 0 aliphatic heterocycles. The van der Waals surface area contributed by atoms with Gasteiger partial charge in [-0.2, -0.15) is 11.8 Å². The molecule has 1 aromatic rings. The van der Waals surface area contributed by atoms with Crippen molar-refractivity contribution in [3.05, 3.63) is 29.8 Å². The van der Waals surface area contributed by atoms with Gasteiger partial charge in [0.15, 0.2) is 0 Å². The second-order valence-electron chi connectivity index (χ2n) is 4.02. The first-order chi connectivity index (χ1) is 9.21. The lowest BCUT2D eigenvalue weighted by Gasteiger charge is -2.16. The summed E-state index contributed by atoms with van der Waals surface area (Å²) in [5, 5.41) is 3.28. The van der Waals surface area contributed by atoms with Gasteiger partial charge < -0.3 is 14.8 Å². The van der Waals surface area contributed by atoms with Crippen molar-refractivity contribution in [1.29, 1.82) is 0 Å². The number of methoxy groups -OCH3 is 2. The predicted octanol–water partition coefficient (Wildman–Crippen LogP) is 2.25. The topological polar surface area (TPSA) is 47.6 Å². The summed E-state index contributed by atoms with van der Waals surface area (Å²) in [5.74, 6) is 2.40. The standard InChI is InChI=1S/C14H21NO3S/c1-15-13(10-19-9-8-14(16)18-3)11-4-6-12(17-2)7-5-11/h4-7,13,15H,8-10H2,1-3H3. The second kappa shape index (κ2) is 8.82. The van der Waals surface area contributed by atoms with Crippen LogP contribution in [0.2, 0.25) is 0 Å². The Kier molecular flexibility index (Phi) is 7.36. The van der Waals surface area contributed by atoms with Crippen molar-refractivity contribution in [3.8, 4) is 5.75 Å². The highest BCUT2D eigenvalue weighted by Gasteiger charge is 2.10. The SMILES string of the molecule is CNC(CSCCC(=O)OC)c1ccc(OC)cc1.